The Hall–Kier alpha value is 3.18. The number of nitrogens with zero attached hydrogens (tertiary/aromatic N) is 4. The van der Waals surface area contributed by atoms with Crippen molar-refractivity contribution in [2.24, 2.45) is 0 Å². The predicted molar refractivity (Wildman–Crippen MR) is 256 cm³/mol. The third kappa shape index (κ3) is 27.2. The maximum Gasteiger partial charge on any atom is 3.00 e. The fourth-order valence-electron chi connectivity index (χ4n) is 5.90. The Kier molecular flexibility index (Phi) is 39.9. The zero-order valence-corrected chi connectivity index (χ0v) is 54.5. The standard InChI is InChI=1S/C24H28.4C4H12NSi2.2La/c1-13-14(2)18(6)23(17(13)5)21-9-11-22(12-10-21)24-19(7)15(3)16(4)20(24)8;4*1-6(2)5-7(3)4;;/h9-12H,1-8H3;4*1-4H3;;/q;4*-1;2*+3. The summed E-state index contributed by atoms with van der Waals surface area (Å²) in [6.45, 7) is 53.5. The zero-order chi connectivity index (χ0) is 41.2. The molecule has 2 saturated carbocycles. The van der Waals surface area contributed by atoms with Gasteiger partial charge >= 0.3 is 71.2 Å². The molecule has 2 fully saturated rings. The second-order valence-corrected chi connectivity index (χ2v) is 34.1. The van der Waals surface area contributed by atoms with E-state index >= 15 is 0 Å². The van der Waals surface area contributed by atoms with Crippen molar-refractivity contribution in [3.05, 3.63) is 113 Å². The van der Waals surface area contributed by atoms with Gasteiger partial charge in [0.25, 0.3) is 0 Å². The Balaban J connectivity index is -0.000000344. The summed E-state index contributed by atoms with van der Waals surface area (Å²) in [6.07, 6.45) is 0. The van der Waals surface area contributed by atoms with Gasteiger partial charge in [0.1, 0.15) is 0 Å². The molecule has 0 saturated heterocycles. The van der Waals surface area contributed by atoms with Gasteiger partial charge in [0.15, 0.2) is 0 Å². The largest absolute Gasteiger partial charge is 3.00 e. The summed E-state index contributed by atoms with van der Waals surface area (Å²) in [4.78, 5) is 0. The normalized spacial score (nSPS) is 17.5. The van der Waals surface area contributed by atoms with E-state index in [0.717, 1.165) is 0 Å². The Bertz CT molecular complexity index is 863. The molecule has 1 aromatic carbocycles. The molecular weight excluding hydrogens is 1040 g/mol. The monoisotopic (exact) mass is 1110 g/mol. The van der Waals surface area contributed by atoms with E-state index in [2.05, 4.69) is 203 Å². The van der Waals surface area contributed by atoms with Crippen LogP contribution >= 0.6 is 0 Å². The Labute approximate surface area is 411 Å². The molecule has 14 heteroatoms. The first-order valence-corrected chi connectivity index (χ1v) is 38.2. The van der Waals surface area contributed by atoms with Gasteiger partial charge in [-0.25, -0.2) is 0 Å². The van der Waals surface area contributed by atoms with Crippen LogP contribution in [-0.2, 0) is 0 Å². The minimum Gasteiger partial charge on any atom is -0.673 e. The molecule has 18 radical (unpaired) electrons. The van der Waals surface area contributed by atoms with Crippen molar-refractivity contribution in [3.63, 3.8) is 0 Å². The topological polar surface area (TPSA) is 56.4 Å². The molecule has 0 aliphatic heterocycles. The van der Waals surface area contributed by atoms with E-state index < -0.39 is 0 Å². The average Bonchev–Trinajstić information content (AvgIpc) is 3.29. The third-order valence-corrected chi connectivity index (χ3v) is 22.4. The van der Waals surface area contributed by atoms with Crippen molar-refractivity contribution < 1.29 is 71.2 Å². The van der Waals surface area contributed by atoms with Gasteiger partial charge in [0, 0.05) is 11.8 Å². The molecule has 3 rings (SSSR count). The molecule has 0 heterocycles. The van der Waals surface area contributed by atoms with Crippen LogP contribution in [-0.4, -0.2) is 71.7 Å². The van der Waals surface area contributed by atoms with E-state index in [4.69, 9.17) is 0 Å². The average molecular weight is 1120 g/mol. The van der Waals surface area contributed by atoms with E-state index in [1.807, 2.05) is 0 Å². The van der Waals surface area contributed by atoms with Gasteiger partial charge in [0.05, 0.1) is 0 Å². The van der Waals surface area contributed by atoms with Gasteiger partial charge in [-0.15, -0.1) is 0 Å². The summed E-state index contributed by atoms with van der Waals surface area (Å²) < 4.78 is 17.9. The first-order chi connectivity index (χ1) is 23.8. The van der Waals surface area contributed by atoms with Gasteiger partial charge in [-0.05, 0) is 58.5 Å². The van der Waals surface area contributed by atoms with Crippen molar-refractivity contribution in [2.45, 2.75) is 160 Å². The molecule has 0 bridgehead atoms. The third-order valence-electron chi connectivity index (χ3n) is 8.13. The van der Waals surface area contributed by atoms with E-state index in [9.17, 15) is 0 Å². The number of benzene rings is 1. The van der Waals surface area contributed by atoms with Gasteiger partial charge in [-0.2, -0.15) is 0 Å². The van der Waals surface area contributed by atoms with Crippen molar-refractivity contribution in [1.82, 2.24) is 0 Å². The molecule has 54 heavy (non-hydrogen) atoms. The van der Waals surface area contributed by atoms with E-state index in [-0.39, 0.29) is 143 Å². The minimum atomic E-state index is -0.264. The van der Waals surface area contributed by atoms with Gasteiger partial charge in [0.2, 0.25) is 0 Å². The molecule has 2 aliphatic rings. The summed E-state index contributed by atoms with van der Waals surface area (Å²) in [5.41, 5.74) is 2.67. The fraction of sp³-hybridized carbons (Fsp3) is 0.600. The summed E-state index contributed by atoms with van der Waals surface area (Å²) in [6, 6.07) is 9.17. The molecule has 1 aromatic rings. The SMILES string of the molecule is C[C]1[C](C)[C](C)[C](c2ccc([C]3[C](C)[C](C)[C](C)[C]3C)cc2)[C]1C.C[Si](C)[N-][Si](C)C.C[Si](C)[N-][Si](C)C.C[Si](C)[N-][Si](C)C.C[Si](C)[N-][Si](C)C.[La+3].[La+3]. The minimum absolute atomic E-state index is 0. The molecule has 292 valence electrons. The fourth-order valence-corrected chi connectivity index (χ4v) is 20.2. The molecule has 0 atom stereocenters. The first-order valence-electron chi connectivity index (χ1n) is 18.6. The maximum atomic E-state index is 4.48. The van der Waals surface area contributed by atoms with Crippen LogP contribution in [0, 0.1) is 130 Å². The summed E-state index contributed by atoms with van der Waals surface area (Å²) >= 11 is 0. The van der Waals surface area contributed by atoms with Crippen molar-refractivity contribution in [1.29, 1.82) is 0 Å². The van der Waals surface area contributed by atoms with Gasteiger partial charge in [-0.1, -0.05) is 256 Å². The van der Waals surface area contributed by atoms with E-state index in [1.165, 1.54) is 70.3 Å². The van der Waals surface area contributed by atoms with Crippen LogP contribution in [0.5, 0.6) is 0 Å². The van der Waals surface area contributed by atoms with Crippen molar-refractivity contribution in [2.75, 3.05) is 0 Å². The molecule has 4 nitrogen and oxygen atoms in total. The number of hydrogen-bond acceptors (Lipinski definition) is 0. The van der Waals surface area contributed by atoms with Crippen LogP contribution in [0.4, 0.5) is 0 Å². The van der Waals surface area contributed by atoms with Gasteiger partial charge < -0.3 is 18.6 Å². The second kappa shape index (κ2) is 33.8. The van der Waals surface area contributed by atoms with Crippen LogP contribution in [0.2, 0.25) is 105 Å². The Morgan fingerprint density at radius 1 is 0.259 bits per heavy atom. The van der Waals surface area contributed by atoms with Crippen LogP contribution in [0.25, 0.3) is 18.6 Å². The summed E-state index contributed by atoms with van der Waals surface area (Å²) in [5, 5.41) is 0. The van der Waals surface area contributed by atoms with E-state index in [0.29, 0.717) is 0 Å². The van der Waals surface area contributed by atoms with Crippen molar-refractivity contribution in [3.8, 4) is 0 Å². The van der Waals surface area contributed by atoms with Gasteiger partial charge in [-0.3, -0.25) is 0 Å². The molecular formula is C40H76La2N4Si8+2. The molecule has 0 aromatic heterocycles. The van der Waals surface area contributed by atoms with Crippen LogP contribution in [0.15, 0.2) is 24.3 Å². The number of hydrogen-bond donors (Lipinski definition) is 0. The summed E-state index contributed by atoms with van der Waals surface area (Å²) in [5.74, 6) is 14.2. The Morgan fingerprint density at radius 3 is 0.481 bits per heavy atom. The molecule has 0 amide bonds. The van der Waals surface area contributed by atoms with Crippen LogP contribution < -0.4 is 0 Å². The maximum absolute atomic E-state index is 4.48. The predicted octanol–water partition coefficient (Wildman–Crippen LogP) is 13.8. The second-order valence-electron chi connectivity index (χ2n) is 15.4. The molecule has 0 spiro atoms. The van der Waals surface area contributed by atoms with Crippen LogP contribution in [0.1, 0.15) is 66.5 Å². The molecule has 0 N–H and O–H groups in total. The molecule has 0 unspecified atom stereocenters. The smallest absolute Gasteiger partial charge is 0.673 e. The Morgan fingerprint density at radius 2 is 0.389 bits per heavy atom. The molecule has 2 aliphatic carbocycles. The van der Waals surface area contributed by atoms with Crippen LogP contribution in [0.3, 0.4) is 0 Å². The first kappa shape index (κ1) is 63.8. The zero-order valence-electron chi connectivity index (χ0n) is 39.3. The summed E-state index contributed by atoms with van der Waals surface area (Å²) in [7, 11) is -2.11. The van der Waals surface area contributed by atoms with Crippen molar-refractivity contribution >= 4 is 71.7 Å². The van der Waals surface area contributed by atoms with E-state index in [1.54, 1.807) is 0 Å². The number of rotatable bonds is 10. The quantitative estimate of drug-likeness (QED) is 0.210.